The van der Waals surface area contributed by atoms with Crippen molar-refractivity contribution in [3.63, 3.8) is 0 Å². The molecule has 2 aromatic rings. The van der Waals surface area contributed by atoms with E-state index >= 15 is 0 Å². The quantitative estimate of drug-likeness (QED) is 0.727. The maximum Gasteiger partial charge on any atom is 0.190 e. The van der Waals surface area contributed by atoms with Crippen molar-refractivity contribution in [2.75, 3.05) is 5.01 Å². The van der Waals surface area contributed by atoms with E-state index in [0.29, 0.717) is 15.2 Å². The van der Waals surface area contributed by atoms with Crippen molar-refractivity contribution in [1.82, 2.24) is 10.7 Å². The number of aryl methyl sites for hydroxylation is 2. The standard InChI is InChI=1S/C18H19Cl2N3S/c1-4-18(13-6-8-15(19)16(20)10-13)21-17(24)23(22-18)14-7-5-11(2)12(3)9-14/h5-10,22H,4H2,1-3H3,(H,21,24)/t18-/m1/s1. The molecule has 2 aromatic carbocycles. The molecule has 126 valence electrons. The molecule has 0 radical (unpaired) electrons. The summed E-state index contributed by atoms with van der Waals surface area (Å²) in [5, 5.41) is 7.02. The molecule has 0 amide bonds. The zero-order valence-electron chi connectivity index (χ0n) is 13.8. The summed E-state index contributed by atoms with van der Waals surface area (Å²) in [5.74, 6) is 0. The van der Waals surface area contributed by atoms with Gasteiger partial charge in [0.1, 0.15) is 5.66 Å². The predicted octanol–water partition coefficient (Wildman–Crippen LogP) is 5.07. The number of halogens is 2. The van der Waals surface area contributed by atoms with E-state index in [1.54, 1.807) is 0 Å². The smallest absolute Gasteiger partial charge is 0.190 e. The Labute approximate surface area is 157 Å². The zero-order valence-corrected chi connectivity index (χ0v) is 16.1. The SMILES string of the molecule is CC[C@@]1(c2ccc(Cl)c(Cl)c2)NC(=S)N(c2ccc(C)c(C)c2)N1. The van der Waals surface area contributed by atoms with Crippen molar-refractivity contribution in [2.45, 2.75) is 32.9 Å². The van der Waals surface area contributed by atoms with Gasteiger partial charge in [0.05, 0.1) is 15.7 Å². The molecule has 0 saturated carbocycles. The van der Waals surface area contributed by atoms with Crippen molar-refractivity contribution < 1.29 is 0 Å². The van der Waals surface area contributed by atoms with Gasteiger partial charge in [0, 0.05) is 0 Å². The summed E-state index contributed by atoms with van der Waals surface area (Å²) in [6.07, 6.45) is 0.784. The maximum atomic E-state index is 6.21. The Balaban J connectivity index is 1.98. The molecule has 2 N–H and O–H groups in total. The third-order valence-corrected chi connectivity index (χ3v) is 5.54. The van der Waals surface area contributed by atoms with Crippen LogP contribution in [0.25, 0.3) is 0 Å². The highest BCUT2D eigenvalue weighted by molar-refractivity contribution is 7.80. The zero-order chi connectivity index (χ0) is 17.5. The van der Waals surface area contributed by atoms with Gasteiger partial charge in [0.25, 0.3) is 0 Å². The minimum atomic E-state index is -0.510. The molecule has 0 bridgehead atoms. The number of thiocarbonyl (C=S) groups is 1. The monoisotopic (exact) mass is 379 g/mol. The molecule has 0 unspecified atom stereocenters. The summed E-state index contributed by atoms with van der Waals surface area (Å²) in [5.41, 5.74) is 7.47. The lowest BCUT2D eigenvalue weighted by molar-refractivity contribution is 0.337. The molecule has 1 fully saturated rings. The Bertz CT molecular complexity index is 809. The lowest BCUT2D eigenvalue weighted by Gasteiger charge is -2.29. The molecule has 1 aliphatic rings. The number of nitrogens with zero attached hydrogens (tertiary/aromatic N) is 1. The number of hydrazine groups is 1. The van der Waals surface area contributed by atoms with E-state index in [-0.39, 0.29) is 0 Å². The lowest BCUT2D eigenvalue weighted by atomic mass is 9.98. The van der Waals surface area contributed by atoms with Crippen molar-refractivity contribution in [3.05, 3.63) is 63.1 Å². The van der Waals surface area contributed by atoms with Gasteiger partial charge in [-0.05, 0) is 73.4 Å². The first-order valence-corrected chi connectivity index (χ1v) is 8.95. The fourth-order valence-corrected chi connectivity index (χ4v) is 3.45. The van der Waals surface area contributed by atoms with Gasteiger partial charge >= 0.3 is 0 Å². The molecule has 0 spiro atoms. The van der Waals surface area contributed by atoms with Gasteiger partial charge in [-0.25, -0.2) is 5.01 Å². The van der Waals surface area contributed by atoms with E-state index in [2.05, 4.69) is 49.7 Å². The van der Waals surface area contributed by atoms with Crippen LogP contribution in [0.1, 0.15) is 30.0 Å². The first-order chi connectivity index (χ1) is 11.4. The van der Waals surface area contributed by atoms with Crippen molar-refractivity contribution >= 4 is 46.2 Å². The molecule has 3 rings (SSSR count). The van der Waals surface area contributed by atoms with Crippen LogP contribution in [0.2, 0.25) is 10.0 Å². The van der Waals surface area contributed by atoms with Crippen molar-refractivity contribution in [2.24, 2.45) is 0 Å². The predicted molar refractivity (Wildman–Crippen MR) is 106 cm³/mol. The Morgan fingerprint density at radius 3 is 2.42 bits per heavy atom. The van der Waals surface area contributed by atoms with Crippen molar-refractivity contribution in [1.29, 1.82) is 0 Å². The molecule has 1 aliphatic heterocycles. The Morgan fingerprint density at radius 1 is 1.04 bits per heavy atom. The van der Waals surface area contributed by atoms with Gasteiger partial charge in [-0.15, -0.1) is 0 Å². The van der Waals surface area contributed by atoms with Crippen LogP contribution in [0.4, 0.5) is 5.69 Å². The van der Waals surface area contributed by atoms with E-state index in [0.717, 1.165) is 17.7 Å². The molecule has 24 heavy (non-hydrogen) atoms. The van der Waals surface area contributed by atoms with Crippen LogP contribution in [-0.4, -0.2) is 5.11 Å². The van der Waals surface area contributed by atoms with Gasteiger partial charge < -0.3 is 5.32 Å². The molecule has 1 saturated heterocycles. The fraction of sp³-hybridized carbons (Fsp3) is 0.278. The van der Waals surface area contributed by atoms with Crippen LogP contribution in [0.3, 0.4) is 0 Å². The summed E-state index contributed by atoms with van der Waals surface area (Å²) in [4.78, 5) is 0. The van der Waals surface area contributed by atoms with E-state index < -0.39 is 5.66 Å². The second kappa shape index (κ2) is 6.52. The Hall–Kier alpha value is -1.33. The first-order valence-electron chi connectivity index (χ1n) is 7.79. The van der Waals surface area contributed by atoms with Crippen LogP contribution in [0.15, 0.2) is 36.4 Å². The number of anilines is 1. The fourth-order valence-electron chi connectivity index (χ4n) is 2.82. The molecule has 6 heteroatoms. The molecular formula is C18H19Cl2N3S. The van der Waals surface area contributed by atoms with Crippen molar-refractivity contribution in [3.8, 4) is 0 Å². The third kappa shape index (κ3) is 3.00. The van der Waals surface area contributed by atoms with Crippen LogP contribution in [0, 0.1) is 13.8 Å². The minimum Gasteiger partial charge on any atom is -0.338 e. The Morgan fingerprint density at radius 2 is 1.79 bits per heavy atom. The average Bonchev–Trinajstić information content (AvgIpc) is 2.91. The van der Waals surface area contributed by atoms with Gasteiger partial charge in [0.2, 0.25) is 0 Å². The van der Waals surface area contributed by atoms with Crippen LogP contribution in [-0.2, 0) is 5.66 Å². The number of hydrogen-bond acceptors (Lipinski definition) is 2. The first kappa shape index (κ1) is 17.5. The summed E-state index contributed by atoms with van der Waals surface area (Å²) >= 11 is 17.8. The van der Waals surface area contributed by atoms with Crippen LogP contribution >= 0.6 is 35.4 Å². The summed E-state index contributed by atoms with van der Waals surface area (Å²) in [7, 11) is 0. The number of nitrogens with one attached hydrogen (secondary N) is 2. The van der Waals surface area contributed by atoms with Crippen LogP contribution < -0.4 is 15.8 Å². The summed E-state index contributed by atoms with van der Waals surface area (Å²) in [6, 6.07) is 11.9. The average molecular weight is 380 g/mol. The largest absolute Gasteiger partial charge is 0.338 e. The second-order valence-electron chi connectivity index (χ2n) is 6.03. The lowest BCUT2D eigenvalue weighted by Crippen LogP contribution is -2.48. The third-order valence-electron chi connectivity index (χ3n) is 4.52. The maximum absolute atomic E-state index is 6.21. The highest BCUT2D eigenvalue weighted by atomic mass is 35.5. The van der Waals surface area contributed by atoms with Gasteiger partial charge in [0.15, 0.2) is 5.11 Å². The van der Waals surface area contributed by atoms with E-state index in [1.165, 1.54) is 11.1 Å². The summed E-state index contributed by atoms with van der Waals surface area (Å²) in [6.45, 7) is 6.28. The Kier molecular flexibility index (Phi) is 4.76. The molecule has 1 atom stereocenters. The van der Waals surface area contributed by atoms with E-state index in [4.69, 9.17) is 35.4 Å². The van der Waals surface area contributed by atoms with E-state index in [1.807, 2.05) is 23.2 Å². The highest BCUT2D eigenvalue weighted by Crippen LogP contribution is 2.33. The normalized spacial score (nSPS) is 20.4. The number of benzene rings is 2. The molecule has 1 heterocycles. The van der Waals surface area contributed by atoms with Crippen LogP contribution in [0.5, 0.6) is 0 Å². The summed E-state index contributed by atoms with van der Waals surface area (Å²) < 4.78 is 0. The van der Waals surface area contributed by atoms with E-state index in [9.17, 15) is 0 Å². The molecular weight excluding hydrogens is 361 g/mol. The van der Waals surface area contributed by atoms with Gasteiger partial charge in [-0.1, -0.05) is 42.3 Å². The minimum absolute atomic E-state index is 0.510. The molecule has 3 nitrogen and oxygen atoms in total. The van der Waals surface area contributed by atoms with Gasteiger partial charge in [-0.2, -0.15) is 5.43 Å². The van der Waals surface area contributed by atoms with Gasteiger partial charge in [-0.3, -0.25) is 0 Å². The topological polar surface area (TPSA) is 27.3 Å². The second-order valence-corrected chi connectivity index (χ2v) is 7.23. The highest BCUT2D eigenvalue weighted by Gasteiger charge is 2.41. The number of hydrogen-bond donors (Lipinski definition) is 2. The molecule has 0 aliphatic carbocycles. The molecule has 0 aromatic heterocycles. The number of rotatable bonds is 3.